The quantitative estimate of drug-likeness (QED) is 0.579. The molecule has 0 bridgehead atoms. The molecule has 0 amide bonds. The molecular formula is C10H14O4S2. The highest BCUT2D eigenvalue weighted by molar-refractivity contribution is 7.80. The Morgan fingerprint density at radius 2 is 2.19 bits per heavy atom. The molecule has 2 atom stereocenters. The smallest absolute Gasteiger partial charge is 0.308 e. The number of carboxylic acid groups (broad SMARTS) is 1. The molecule has 0 aliphatic rings. The second kappa shape index (κ2) is 6.24. The number of thiophene rings is 1. The van der Waals surface area contributed by atoms with E-state index in [0.29, 0.717) is 22.6 Å². The third-order valence-corrected chi connectivity index (χ3v) is 3.34. The fraction of sp³-hybridized carbons (Fsp3) is 0.500. The van der Waals surface area contributed by atoms with Gasteiger partial charge in [-0.1, -0.05) is 0 Å². The predicted molar refractivity (Wildman–Crippen MR) is 65.1 cm³/mol. The summed E-state index contributed by atoms with van der Waals surface area (Å²) in [6.45, 7) is 0. The van der Waals surface area contributed by atoms with Crippen molar-refractivity contribution in [3.8, 4) is 0 Å². The maximum atomic E-state index is 10.5. The first-order valence-electron chi connectivity index (χ1n) is 4.80. The molecule has 1 rings (SSSR count). The van der Waals surface area contributed by atoms with Crippen molar-refractivity contribution in [3.05, 3.63) is 21.9 Å². The van der Waals surface area contributed by atoms with Gasteiger partial charge in [0.15, 0.2) is 0 Å². The largest absolute Gasteiger partial charge is 0.481 e. The molecule has 2 unspecified atom stereocenters. The van der Waals surface area contributed by atoms with Crippen LogP contribution in [0.1, 0.15) is 23.0 Å². The zero-order valence-electron chi connectivity index (χ0n) is 8.54. The fourth-order valence-corrected chi connectivity index (χ4v) is 2.48. The summed E-state index contributed by atoms with van der Waals surface area (Å²) in [6, 6.07) is 1.62. The van der Waals surface area contributed by atoms with E-state index in [0.717, 1.165) is 0 Å². The molecule has 16 heavy (non-hydrogen) atoms. The molecule has 0 aromatic carbocycles. The SMILES string of the molecule is O=C(O)Cc1cc(C(O)C(O)CCS)cs1. The Labute approximate surface area is 103 Å². The third kappa shape index (κ3) is 3.79. The van der Waals surface area contributed by atoms with Gasteiger partial charge in [-0.3, -0.25) is 4.79 Å². The van der Waals surface area contributed by atoms with Crippen LogP contribution in [0.25, 0.3) is 0 Å². The van der Waals surface area contributed by atoms with Crippen LogP contribution in [0.3, 0.4) is 0 Å². The van der Waals surface area contributed by atoms with E-state index < -0.39 is 18.2 Å². The maximum Gasteiger partial charge on any atom is 0.308 e. The summed E-state index contributed by atoms with van der Waals surface area (Å²) in [4.78, 5) is 11.1. The average Bonchev–Trinajstić information content (AvgIpc) is 2.64. The molecule has 0 saturated heterocycles. The van der Waals surface area contributed by atoms with Crippen LogP contribution in [-0.4, -0.2) is 33.1 Å². The standard InChI is InChI=1S/C10H14O4S2/c11-8(1-2-15)10(14)6-3-7(16-5-6)4-9(12)13/h3,5,8,10-11,14-15H,1-2,4H2,(H,12,13). The summed E-state index contributed by atoms with van der Waals surface area (Å²) in [5.74, 6) is -0.413. The number of carboxylic acids is 1. The molecule has 0 fully saturated rings. The Balaban J connectivity index is 2.65. The molecule has 0 aliphatic carbocycles. The van der Waals surface area contributed by atoms with E-state index in [9.17, 15) is 15.0 Å². The predicted octanol–water partition coefficient (Wildman–Crippen LogP) is 1.09. The Morgan fingerprint density at radius 3 is 2.75 bits per heavy atom. The monoisotopic (exact) mass is 262 g/mol. The van der Waals surface area contributed by atoms with E-state index in [1.165, 1.54) is 11.3 Å². The van der Waals surface area contributed by atoms with Crippen molar-refractivity contribution in [3.63, 3.8) is 0 Å². The van der Waals surface area contributed by atoms with Gasteiger partial charge in [0.1, 0.15) is 6.10 Å². The average molecular weight is 262 g/mol. The van der Waals surface area contributed by atoms with E-state index in [4.69, 9.17) is 5.11 Å². The molecule has 4 nitrogen and oxygen atoms in total. The van der Waals surface area contributed by atoms with Gasteiger partial charge in [-0.05, 0) is 29.2 Å². The van der Waals surface area contributed by atoms with E-state index >= 15 is 0 Å². The van der Waals surface area contributed by atoms with Crippen LogP contribution in [0.4, 0.5) is 0 Å². The van der Waals surface area contributed by atoms with E-state index in [1.54, 1.807) is 11.4 Å². The van der Waals surface area contributed by atoms with Gasteiger partial charge in [0.2, 0.25) is 0 Å². The van der Waals surface area contributed by atoms with Crippen molar-refractivity contribution in [1.82, 2.24) is 0 Å². The first-order valence-corrected chi connectivity index (χ1v) is 6.32. The number of rotatable bonds is 6. The molecule has 0 saturated carbocycles. The molecule has 6 heteroatoms. The van der Waals surface area contributed by atoms with Crippen LogP contribution < -0.4 is 0 Å². The summed E-state index contributed by atoms with van der Waals surface area (Å²) in [5, 5.41) is 29.6. The minimum Gasteiger partial charge on any atom is -0.481 e. The van der Waals surface area contributed by atoms with Crippen molar-refractivity contribution >= 4 is 29.9 Å². The maximum absolute atomic E-state index is 10.5. The van der Waals surface area contributed by atoms with Gasteiger partial charge >= 0.3 is 5.97 Å². The molecule has 1 aromatic heterocycles. The topological polar surface area (TPSA) is 77.8 Å². The van der Waals surface area contributed by atoms with Crippen LogP contribution >= 0.6 is 24.0 Å². The Bertz CT molecular complexity index is 350. The number of carbonyl (C=O) groups is 1. The second-order valence-electron chi connectivity index (χ2n) is 3.44. The number of hydrogen-bond acceptors (Lipinski definition) is 5. The lowest BCUT2D eigenvalue weighted by Crippen LogP contribution is -2.18. The molecule has 0 radical (unpaired) electrons. The fourth-order valence-electron chi connectivity index (χ4n) is 1.31. The van der Waals surface area contributed by atoms with Crippen LogP contribution in [-0.2, 0) is 11.2 Å². The van der Waals surface area contributed by atoms with Crippen LogP contribution in [0.15, 0.2) is 11.4 Å². The third-order valence-electron chi connectivity index (χ3n) is 2.13. The lowest BCUT2D eigenvalue weighted by molar-refractivity contribution is -0.136. The molecular weight excluding hydrogens is 248 g/mol. The molecule has 1 heterocycles. The highest BCUT2D eigenvalue weighted by Gasteiger charge is 2.19. The Hall–Kier alpha value is -0.560. The van der Waals surface area contributed by atoms with E-state index in [-0.39, 0.29) is 6.42 Å². The zero-order chi connectivity index (χ0) is 12.1. The van der Waals surface area contributed by atoms with Gasteiger partial charge < -0.3 is 15.3 Å². The van der Waals surface area contributed by atoms with Crippen molar-refractivity contribution in [2.45, 2.75) is 25.0 Å². The minimum atomic E-state index is -0.967. The Kier molecular flexibility index (Phi) is 5.27. The number of aliphatic hydroxyl groups is 2. The molecule has 3 N–H and O–H groups in total. The summed E-state index contributed by atoms with van der Waals surface area (Å²) in [6.07, 6.45) is -1.48. The van der Waals surface area contributed by atoms with E-state index in [1.807, 2.05) is 0 Å². The van der Waals surface area contributed by atoms with Gasteiger partial charge in [-0.15, -0.1) is 11.3 Å². The molecule has 90 valence electrons. The van der Waals surface area contributed by atoms with Gasteiger partial charge in [-0.25, -0.2) is 0 Å². The summed E-state index contributed by atoms with van der Waals surface area (Å²) in [5.41, 5.74) is 0.565. The second-order valence-corrected chi connectivity index (χ2v) is 4.88. The van der Waals surface area contributed by atoms with Gasteiger partial charge in [0, 0.05) is 4.88 Å². The summed E-state index contributed by atoms with van der Waals surface area (Å²) >= 11 is 5.24. The first-order chi connectivity index (χ1) is 7.54. The summed E-state index contributed by atoms with van der Waals surface area (Å²) < 4.78 is 0. The van der Waals surface area contributed by atoms with Crippen LogP contribution in [0.2, 0.25) is 0 Å². The van der Waals surface area contributed by atoms with Crippen LogP contribution in [0, 0.1) is 0 Å². The van der Waals surface area contributed by atoms with Gasteiger partial charge in [-0.2, -0.15) is 12.6 Å². The first kappa shape index (κ1) is 13.5. The number of hydrogen-bond donors (Lipinski definition) is 4. The highest BCUT2D eigenvalue weighted by atomic mass is 32.1. The van der Waals surface area contributed by atoms with Gasteiger partial charge in [0.05, 0.1) is 12.5 Å². The Morgan fingerprint density at radius 1 is 1.50 bits per heavy atom. The van der Waals surface area contributed by atoms with Crippen molar-refractivity contribution in [1.29, 1.82) is 0 Å². The zero-order valence-corrected chi connectivity index (χ0v) is 10.2. The van der Waals surface area contributed by atoms with Crippen molar-refractivity contribution < 1.29 is 20.1 Å². The van der Waals surface area contributed by atoms with Gasteiger partial charge in [0.25, 0.3) is 0 Å². The summed E-state index contributed by atoms with van der Waals surface area (Å²) in [7, 11) is 0. The van der Waals surface area contributed by atoms with Crippen molar-refractivity contribution in [2.24, 2.45) is 0 Å². The van der Waals surface area contributed by atoms with E-state index in [2.05, 4.69) is 12.6 Å². The minimum absolute atomic E-state index is 0.0555. The van der Waals surface area contributed by atoms with Crippen molar-refractivity contribution in [2.75, 3.05) is 5.75 Å². The number of thiol groups is 1. The lowest BCUT2D eigenvalue weighted by Gasteiger charge is -2.15. The normalized spacial score (nSPS) is 14.7. The molecule has 0 spiro atoms. The number of aliphatic hydroxyl groups excluding tert-OH is 2. The molecule has 0 aliphatic heterocycles. The van der Waals surface area contributed by atoms with Crippen LogP contribution in [0.5, 0.6) is 0 Å². The highest BCUT2D eigenvalue weighted by Crippen LogP contribution is 2.25. The number of aliphatic carboxylic acids is 1. The lowest BCUT2D eigenvalue weighted by atomic mass is 10.1. The molecule has 1 aromatic rings.